The Hall–Kier alpha value is -3.65. The van der Waals surface area contributed by atoms with Gasteiger partial charge in [-0.2, -0.15) is 0 Å². The second-order valence-electron chi connectivity index (χ2n) is 9.94. The van der Waals surface area contributed by atoms with E-state index in [1.54, 1.807) is 46.0 Å². The van der Waals surface area contributed by atoms with Crippen molar-refractivity contribution in [2.75, 3.05) is 6.61 Å². The van der Waals surface area contributed by atoms with Crippen LogP contribution < -0.4 is 4.74 Å². The molecule has 2 aromatic heterocycles. The van der Waals surface area contributed by atoms with Crippen LogP contribution in [0.1, 0.15) is 55.7 Å². The van der Waals surface area contributed by atoms with Crippen LogP contribution in [0.2, 0.25) is 0 Å². The molecule has 1 N–H and O–H groups in total. The molecule has 0 bridgehead atoms. The van der Waals surface area contributed by atoms with E-state index in [4.69, 9.17) is 9.47 Å². The van der Waals surface area contributed by atoms with Crippen LogP contribution in [0.25, 0.3) is 32.9 Å². The number of aliphatic carboxylic acids is 1. The van der Waals surface area contributed by atoms with E-state index in [1.165, 1.54) is 6.07 Å². The molecule has 0 saturated carbocycles. The van der Waals surface area contributed by atoms with E-state index < -0.39 is 24.1 Å². The molecule has 186 valence electrons. The number of alkyl halides is 2. The van der Waals surface area contributed by atoms with Crippen molar-refractivity contribution in [2.24, 2.45) is 0 Å². The van der Waals surface area contributed by atoms with E-state index in [0.29, 0.717) is 51.0 Å². The first-order valence-corrected chi connectivity index (χ1v) is 11.7. The predicted octanol–water partition coefficient (Wildman–Crippen LogP) is 6.57. The fraction of sp³-hybridized carbons (Fsp3) is 0.321. The summed E-state index contributed by atoms with van der Waals surface area (Å²) in [6.07, 6.45) is -1.59. The van der Waals surface area contributed by atoms with Gasteiger partial charge in [0.1, 0.15) is 11.4 Å². The third kappa shape index (κ3) is 4.15. The molecule has 0 spiro atoms. The van der Waals surface area contributed by atoms with Crippen LogP contribution in [0.15, 0.2) is 42.6 Å². The summed E-state index contributed by atoms with van der Waals surface area (Å²) in [7, 11) is 0. The number of nitrogens with zero attached hydrogens (tertiary/aromatic N) is 2. The lowest BCUT2D eigenvalue weighted by molar-refractivity contribution is -0.160. The lowest BCUT2D eigenvalue weighted by Crippen LogP contribution is -2.28. The third-order valence-corrected chi connectivity index (χ3v) is 6.28. The van der Waals surface area contributed by atoms with Gasteiger partial charge in [-0.25, -0.2) is 18.6 Å². The fourth-order valence-corrected chi connectivity index (χ4v) is 4.88. The molecule has 1 atom stereocenters. The number of carboxylic acids is 1. The number of aromatic nitrogens is 2. The molecule has 0 fully saturated rings. The van der Waals surface area contributed by atoms with Gasteiger partial charge < -0.3 is 14.6 Å². The Labute approximate surface area is 206 Å². The number of rotatable bonds is 5. The highest BCUT2D eigenvalue weighted by atomic mass is 19.3. The van der Waals surface area contributed by atoms with Crippen molar-refractivity contribution in [1.82, 2.24) is 9.97 Å². The number of hydrogen-bond acceptors (Lipinski definition) is 5. The number of benzene rings is 2. The number of carbonyl (C=O) groups is 1. The summed E-state index contributed by atoms with van der Waals surface area (Å²) >= 11 is 0. The zero-order valence-electron chi connectivity index (χ0n) is 20.4. The molecule has 8 heteroatoms. The summed E-state index contributed by atoms with van der Waals surface area (Å²) in [4.78, 5) is 21.4. The van der Waals surface area contributed by atoms with Crippen molar-refractivity contribution in [2.45, 2.75) is 52.2 Å². The number of halogens is 2. The van der Waals surface area contributed by atoms with Gasteiger partial charge in [0, 0.05) is 34.5 Å². The molecule has 1 aliphatic rings. The van der Waals surface area contributed by atoms with Crippen molar-refractivity contribution in [3.8, 4) is 16.9 Å². The lowest BCUT2D eigenvalue weighted by atomic mass is 9.86. The molecular weight excluding hydrogens is 466 g/mol. The minimum atomic E-state index is -2.73. The molecule has 2 aromatic carbocycles. The van der Waals surface area contributed by atoms with Crippen LogP contribution in [-0.4, -0.2) is 33.3 Å². The summed E-state index contributed by atoms with van der Waals surface area (Å²) in [5.74, 6) is -0.440. The summed E-state index contributed by atoms with van der Waals surface area (Å²) in [5.41, 5.74) is 3.21. The second kappa shape index (κ2) is 8.78. The molecule has 1 unspecified atom stereocenters. The Morgan fingerprint density at radius 2 is 1.94 bits per heavy atom. The van der Waals surface area contributed by atoms with Crippen LogP contribution in [0.5, 0.6) is 5.75 Å². The van der Waals surface area contributed by atoms with Crippen molar-refractivity contribution in [1.29, 1.82) is 0 Å². The SMILES string of the molecule is Cc1cc2nc(C(F)F)ccc2c(-c2ccc3c4c(ccnc24)CCO3)c1C(OC(C)(C)C)C(=O)O. The van der Waals surface area contributed by atoms with Crippen LogP contribution >= 0.6 is 0 Å². The number of hydrogen-bond donors (Lipinski definition) is 1. The average Bonchev–Trinajstić information content (AvgIpc) is 2.81. The van der Waals surface area contributed by atoms with Gasteiger partial charge in [-0.1, -0.05) is 6.07 Å². The Morgan fingerprint density at radius 1 is 1.17 bits per heavy atom. The Kier molecular flexibility index (Phi) is 5.87. The smallest absolute Gasteiger partial charge is 0.337 e. The first-order valence-electron chi connectivity index (χ1n) is 11.7. The molecular formula is C28H26F2N2O4. The van der Waals surface area contributed by atoms with Crippen molar-refractivity contribution < 1.29 is 28.2 Å². The van der Waals surface area contributed by atoms with E-state index in [0.717, 1.165) is 17.4 Å². The first kappa shape index (κ1) is 24.1. The van der Waals surface area contributed by atoms with Crippen LogP contribution in [-0.2, 0) is 16.0 Å². The molecule has 0 radical (unpaired) electrons. The van der Waals surface area contributed by atoms with E-state index in [-0.39, 0.29) is 5.69 Å². The van der Waals surface area contributed by atoms with E-state index in [1.807, 2.05) is 18.2 Å². The van der Waals surface area contributed by atoms with Gasteiger partial charge in [0.05, 0.1) is 23.2 Å². The largest absolute Gasteiger partial charge is 0.493 e. The van der Waals surface area contributed by atoms with Gasteiger partial charge in [-0.3, -0.25) is 4.98 Å². The minimum absolute atomic E-state index is 0.343. The zero-order chi connectivity index (χ0) is 25.8. The maximum absolute atomic E-state index is 13.5. The summed E-state index contributed by atoms with van der Waals surface area (Å²) < 4.78 is 38.9. The molecule has 5 rings (SSSR count). The Balaban J connectivity index is 1.91. The summed E-state index contributed by atoms with van der Waals surface area (Å²) in [6.45, 7) is 7.67. The molecule has 3 heterocycles. The number of aryl methyl sites for hydroxylation is 1. The van der Waals surface area contributed by atoms with Gasteiger partial charge in [0.2, 0.25) is 0 Å². The maximum Gasteiger partial charge on any atom is 0.337 e. The maximum atomic E-state index is 13.5. The molecule has 6 nitrogen and oxygen atoms in total. The quantitative estimate of drug-likeness (QED) is 0.339. The molecule has 0 amide bonds. The normalized spacial score (nSPS) is 14.3. The molecule has 1 aliphatic heterocycles. The van der Waals surface area contributed by atoms with Gasteiger partial charge >= 0.3 is 5.97 Å². The molecule has 0 saturated heterocycles. The van der Waals surface area contributed by atoms with Gasteiger partial charge in [-0.15, -0.1) is 0 Å². The van der Waals surface area contributed by atoms with Gasteiger partial charge in [-0.05, 0) is 74.7 Å². The number of fused-ring (bicyclic) bond motifs is 1. The number of carboxylic acid groups (broad SMARTS) is 1. The van der Waals surface area contributed by atoms with Crippen molar-refractivity contribution >= 4 is 27.8 Å². The molecule has 0 aliphatic carbocycles. The van der Waals surface area contributed by atoms with Crippen LogP contribution in [0.3, 0.4) is 0 Å². The monoisotopic (exact) mass is 492 g/mol. The van der Waals surface area contributed by atoms with Gasteiger partial charge in [0.15, 0.2) is 6.10 Å². The van der Waals surface area contributed by atoms with E-state index in [2.05, 4.69) is 9.97 Å². The second-order valence-corrected chi connectivity index (χ2v) is 9.94. The average molecular weight is 493 g/mol. The van der Waals surface area contributed by atoms with Crippen molar-refractivity contribution in [3.63, 3.8) is 0 Å². The molecule has 4 aromatic rings. The summed E-state index contributed by atoms with van der Waals surface area (Å²) in [6, 6.07) is 10.1. The highest BCUT2D eigenvalue weighted by Gasteiger charge is 2.33. The highest BCUT2D eigenvalue weighted by molar-refractivity contribution is 6.08. The fourth-order valence-electron chi connectivity index (χ4n) is 4.88. The lowest BCUT2D eigenvalue weighted by Gasteiger charge is -2.29. The summed E-state index contributed by atoms with van der Waals surface area (Å²) in [5, 5.41) is 11.7. The highest BCUT2D eigenvalue weighted by Crippen LogP contribution is 2.45. The van der Waals surface area contributed by atoms with Gasteiger partial charge in [0.25, 0.3) is 6.43 Å². The van der Waals surface area contributed by atoms with Crippen molar-refractivity contribution in [3.05, 3.63) is 65.0 Å². The predicted molar refractivity (Wildman–Crippen MR) is 133 cm³/mol. The Bertz CT molecular complexity index is 1500. The third-order valence-electron chi connectivity index (χ3n) is 6.28. The van der Waals surface area contributed by atoms with E-state index >= 15 is 0 Å². The number of pyridine rings is 2. The first-order chi connectivity index (χ1) is 17.0. The minimum Gasteiger partial charge on any atom is -0.493 e. The number of ether oxygens (including phenoxy) is 2. The van der Waals surface area contributed by atoms with Crippen LogP contribution in [0, 0.1) is 6.92 Å². The topological polar surface area (TPSA) is 81.5 Å². The molecule has 36 heavy (non-hydrogen) atoms. The zero-order valence-corrected chi connectivity index (χ0v) is 20.4. The van der Waals surface area contributed by atoms with Crippen LogP contribution in [0.4, 0.5) is 8.78 Å². The Morgan fingerprint density at radius 3 is 2.64 bits per heavy atom. The standard InChI is InChI=1S/C28H26F2N2O4/c1-14-13-19-16(5-7-18(32-19)26(29)30)23(21(14)25(27(33)34)36-28(2,3)4)17-6-8-20-22-15(10-12-35-20)9-11-31-24(17)22/h5-9,11,13,25-26H,10,12H2,1-4H3,(H,33,34). The van der Waals surface area contributed by atoms with E-state index in [9.17, 15) is 18.7 Å².